The topological polar surface area (TPSA) is 47.9 Å². The molecule has 0 saturated carbocycles. The summed E-state index contributed by atoms with van der Waals surface area (Å²) < 4.78 is 15.3. The van der Waals surface area contributed by atoms with E-state index in [1.807, 2.05) is 6.92 Å². The van der Waals surface area contributed by atoms with Gasteiger partial charge in [0.1, 0.15) is 6.10 Å². The van der Waals surface area contributed by atoms with Crippen LogP contribution in [0.1, 0.15) is 6.92 Å². The molecule has 74 valence electrons. The van der Waals surface area contributed by atoms with Crippen LogP contribution < -0.4 is 0 Å². The minimum Gasteiger partial charge on any atom is -0.394 e. The quantitative estimate of drug-likeness (QED) is 0.570. The molecule has 0 rings (SSSR count). The number of ether oxygens (including phenoxy) is 3. The fraction of sp³-hybridized carbons (Fsp3) is 1.00. The minimum atomic E-state index is -0.0675. The Balaban J connectivity index is 3.40. The summed E-state index contributed by atoms with van der Waals surface area (Å²) in [6.45, 7) is 3.98. The predicted octanol–water partition coefficient (Wildman–Crippen LogP) is 0.0468. The van der Waals surface area contributed by atoms with Crippen LogP contribution in [0.25, 0.3) is 0 Å². The first-order valence-electron chi connectivity index (χ1n) is 4.14. The maximum Gasteiger partial charge on any atom is 0.104 e. The summed E-state index contributed by atoms with van der Waals surface area (Å²) >= 11 is 0. The third kappa shape index (κ3) is 6.54. The Morgan fingerprint density at radius 2 is 2.08 bits per heavy atom. The van der Waals surface area contributed by atoms with Gasteiger partial charge in [-0.15, -0.1) is 0 Å². The van der Waals surface area contributed by atoms with Gasteiger partial charge in [0.2, 0.25) is 0 Å². The Morgan fingerprint density at radius 1 is 1.33 bits per heavy atom. The highest BCUT2D eigenvalue weighted by atomic mass is 16.6. The number of hydrogen-bond acceptors (Lipinski definition) is 4. The number of methoxy groups -OCH3 is 1. The molecule has 4 nitrogen and oxygen atoms in total. The second-order valence-electron chi connectivity index (χ2n) is 2.33. The normalized spacial score (nSPS) is 13.2. The molecule has 1 unspecified atom stereocenters. The van der Waals surface area contributed by atoms with Crippen LogP contribution in [0.3, 0.4) is 0 Å². The van der Waals surface area contributed by atoms with Crippen LogP contribution in [0.5, 0.6) is 0 Å². The lowest BCUT2D eigenvalue weighted by Crippen LogP contribution is -2.26. The van der Waals surface area contributed by atoms with Crippen molar-refractivity contribution in [2.24, 2.45) is 0 Å². The van der Waals surface area contributed by atoms with E-state index in [0.29, 0.717) is 26.4 Å². The van der Waals surface area contributed by atoms with Gasteiger partial charge in [0.25, 0.3) is 0 Å². The molecule has 0 aromatic rings. The Hall–Kier alpha value is -0.160. The molecule has 0 aromatic carbocycles. The molecule has 1 atom stereocenters. The maximum atomic E-state index is 8.50. The molecule has 0 fully saturated rings. The molecule has 0 aliphatic rings. The Labute approximate surface area is 73.4 Å². The van der Waals surface area contributed by atoms with Crippen LogP contribution in [0, 0.1) is 0 Å². The first-order chi connectivity index (χ1) is 5.85. The van der Waals surface area contributed by atoms with Gasteiger partial charge in [0, 0.05) is 13.7 Å². The van der Waals surface area contributed by atoms with Gasteiger partial charge >= 0.3 is 0 Å². The van der Waals surface area contributed by atoms with E-state index in [-0.39, 0.29) is 12.7 Å². The van der Waals surface area contributed by atoms with Crippen LogP contribution in [0.2, 0.25) is 0 Å². The lowest BCUT2D eigenvalue weighted by Gasteiger charge is -2.15. The number of rotatable bonds is 8. The van der Waals surface area contributed by atoms with Crippen LogP contribution in [-0.4, -0.2) is 51.4 Å². The third-order valence-electron chi connectivity index (χ3n) is 1.31. The summed E-state index contributed by atoms with van der Waals surface area (Å²) in [5.74, 6) is 0. The molecule has 0 bridgehead atoms. The van der Waals surface area contributed by atoms with Crippen LogP contribution in [0.15, 0.2) is 0 Å². The summed E-state index contributed by atoms with van der Waals surface area (Å²) in [7, 11) is 1.61. The molecule has 0 radical (unpaired) electrons. The van der Waals surface area contributed by atoms with E-state index in [2.05, 4.69) is 0 Å². The number of hydrogen-bond donors (Lipinski definition) is 1. The van der Waals surface area contributed by atoms with Crippen molar-refractivity contribution in [3.05, 3.63) is 0 Å². The average molecular weight is 178 g/mol. The van der Waals surface area contributed by atoms with Crippen molar-refractivity contribution < 1.29 is 19.3 Å². The van der Waals surface area contributed by atoms with E-state index in [1.165, 1.54) is 0 Å². The Morgan fingerprint density at radius 3 is 2.58 bits per heavy atom. The van der Waals surface area contributed by atoms with Crippen LogP contribution in [-0.2, 0) is 14.2 Å². The summed E-state index contributed by atoms with van der Waals surface area (Å²) in [6, 6.07) is 0. The van der Waals surface area contributed by atoms with Gasteiger partial charge < -0.3 is 19.3 Å². The van der Waals surface area contributed by atoms with E-state index in [1.54, 1.807) is 7.11 Å². The monoisotopic (exact) mass is 178 g/mol. The number of aliphatic hydroxyl groups is 1. The highest BCUT2D eigenvalue weighted by Crippen LogP contribution is 1.94. The first kappa shape index (κ1) is 11.8. The van der Waals surface area contributed by atoms with Gasteiger partial charge in [-0.3, -0.25) is 0 Å². The standard InChI is InChI=1S/C8H18O4/c1-3-11-7-8(6-10-2)12-5-4-9/h8-9H,3-7H2,1-2H3. The van der Waals surface area contributed by atoms with E-state index in [9.17, 15) is 0 Å². The second-order valence-corrected chi connectivity index (χ2v) is 2.33. The van der Waals surface area contributed by atoms with E-state index < -0.39 is 0 Å². The van der Waals surface area contributed by atoms with Crippen molar-refractivity contribution in [2.45, 2.75) is 13.0 Å². The predicted molar refractivity (Wildman–Crippen MR) is 45.2 cm³/mol. The fourth-order valence-electron chi connectivity index (χ4n) is 0.799. The minimum absolute atomic E-state index is 0.0341. The smallest absolute Gasteiger partial charge is 0.104 e. The molecule has 0 saturated heterocycles. The molecule has 0 spiro atoms. The SMILES string of the molecule is CCOCC(COC)OCCO. The van der Waals surface area contributed by atoms with E-state index in [0.717, 1.165) is 0 Å². The van der Waals surface area contributed by atoms with Crippen molar-refractivity contribution in [1.29, 1.82) is 0 Å². The molecular formula is C8H18O4. The zero-order valence-electron chi connectivity index (χ0n) is 7.78. The molecular weight excluding hydrogens is 160 g/mol. The molecule has 0 aliphatic carbocycles. The van der Waals surface area contributed by atoms with Gasteiger partial charge in [-0.2, -0.15) is 0 Å². The van der Waals surface area contributed by atoms with Crippen molar-refractivity contribution in [2.75, 3.05) is 40.1 Å². The zero-order valence-corrected chi connectivity index (χ0v) is 7.78. The molecule has 12 heavy (non-hydrogen) atoms. The number of aliphatic hydroxyl groups excluding tert-OH is 1. The highest BCUT2D eigenvalue weighted by Gasteiger charge is 2.07. The summed E-state index contributed by atoms with van der Waals surface area (Å²) in [5, 5.41) is 8.50. The van der Waals surface area contributed by atoms with Gasteiger partial charge in [-0.25, -0.2) is 0 Å². The third-order valence-corrected chi connectivity index (χ3v) is 1.31. The van der Waals surface area contributed by atoms with Gasteiger partial charge in [0.05, 0.1) is 26.4 Å². The van der Waals surface area contributed by atoms with Crippen molar-refractivity contribution in [3.8, 4) is 0 Å². The molecule has 4 heteroatoms. The second kappa shape index (κ2) is 8.93. The Bertz CT molecular complexity index is 79.1. The molecule has 0 amide bonds. The highest BCUT2D eigenvalue weighted by molar-refractivity contribution is 4.54. The summed E-state index contributed by atoms with van der Waals surface area (Å²) in [4.78, 5) is 0. The first-order valence-corrected chi connectivity index (χ1v) is 4.14. The van der Waals surface area contributed by atoms with Gasteiger partial charge in [-0.05, 0) is 6.92 Å². The van der Waals surface area contributed by atoms with Crippen LogP contribution in [0.4, 0.5) is 0 Å². The fourth-order valence-corrected chi connectivity index (χ4v) is 0.799. The van der Waals surface area contributed by atoms with Crippen molar-refractivity contribution in [3.63, 3.8) is 0 Å². The lowest BCUT2D eigenvalue weighted by atomic mass is 10.4. The van der Waals surface area contributed by atoms with Crippen molar-refractivity contribution in [1.82, 2.24) is 0 Å². The van der Waals surface area contributed by atoms with Crippen molar-refractivity contribution >= 4 is 0 Å². The molecule has 0 aromatic heterocycles. The average Bonchev–Trinajstić information content (AvgIpc) is 2.10. The lowest BCUT2D eigenvalue weighted by molar-refractivity contribution is -0.0572. The zero-order chi connectivity index (χ0) is 9.23. The molecule has 0 heterocycles. The van der Waals surface area contributed by atoms with Crippen LogP contribution >= 0.6 is 0 Å². The maximum absolute atomic E-state index is 8.50. The van der Waals surface area contributed by atoms with E-state index in [4.69, 9.17) is 19.3 Å². The molecule has 1 N–H and O–H groups in total. The molecule has 0 aliphatic heterocycles. The summed E-state index contributed by atoms with van der Waals surface area (Å²) in [5.41, 5.74) is 0. The largest absolute Gasteiger partial charge is 0.394 e. The van der Waals surface area contributed by atoms with E-state index >= 15 is 0 Å². The van der Waals surface area contributed by atoms with Gasteiger partial charge in [0.15, 0.2) is 0 Å². The van der Waals surface area contributed by atoms with Gasteiger partial charge in [-0.1, -0.05) is 0 Å². The Kier molecular flexibility index (Phi) is 8.81. The summed E-state index contributed by atoms with van der Waals surface area (Å²) in [6.07, 6.45) is -0.0675.